The summed E-state index contributed by atoms with van der Waals surface area (Å²) in [5.41, 5.74) is 1.11. The topological polar surface area (TPSA) is 120 Å². The Morgan fingerprint density at radius 1 is 1.11 bits per heavy atom. The summed E-state index contributed by atoms with van der Waals surface area (Å²) in [6, 6.07) is 8.50. The number of carboxylic acid groups (broad SMARTS) is 1. The maximum atomic E-state index is 13.6. The number of imidazole rings is 1. The van der Waals surface area contributed by atoms with E-state index in [1.54, 1.807) is 36.0 Å². The van der Waals surface area contributed by atoms with Crippen LogP contribution in [-0.4, -0.2) is 55.1 Å². The lowest BCUT2D eigenvalue weighted by atomic mass is 10.0. The molecule has 0 unspecified atom stereocenters. The van der Waals surface area contributed by atoms with E-state index in [1.165, 1.54) is 6.07 Å². The summed E-state index contributed by atoms with van der Waals surface area (Å²) >= 11 is 0. The van der Waals surface area contributed by atoms with Crippen LogP contribution in [0.25, 0.3) is 22.5 Å². The number of aliphatic hydroxyl groups is 2. The minimum Gasteiger partial charge on any atom is -0.481 e. The van der Waals surface area contributed by atoms with Gasteiger partial charge in [0.1, 0.15) is 11.6 Å². The smallest absolute Gasteiger partial charge is 0.416 e. The Balaban J connectivity index is 2.12. The van der Waals surface area contributed by atoms with Gasteiger partial charge in [-0.25, -0.2) is 9.97 Å². The van der Waals surface area contributed by atoms with Gasteiger partial charge in [0.05, 0.1) is 35.6 Å². The second kappa shape index (κ2) is 11.7. The van der Waals surface area contributed by atoms with Crippen molar-refractivity contribution in [2.75, 3.05) is 12.4 Å². The maximum Gasteiger partial charge on any atom is 0.416 e. The summed E-state index contributed by atoms with van der Waals surface area (Å²) in [4.78, 5) is 19.9. The number of aliphatic carboxylic acids is 1. The number of halogens is 3. The van der Waals surface area contributed by atoms with Crippen molar-refractivity contribution >= 4 is 11.8 Å². The molecule has 3 aromatic rings. The van der Waals surface area contributed by atoms with Gasteiger partial charge in [-0.1, -0.05) is 26.0 Å². The van der Waals surface area contributed by atoms with E-state index in [4.69, 9.17) is 10.1 Å². The number of pyridine rings is 1. The predicted molar refractivity (Wildman–Crippen MR) is 133 cm³/mol. The lowest BCUT2D eigenvalue weighted by Crippen LogP contribution is -2.22. The fourth-order valence-electron chi connectivity index (χ4n) is 4.18. The minimum atomic E-state index is -4.53. The number of carboxylic acids is 1. The van der Waals surface area contributed by atoms with Crippen molar-refractivity contribution in [1.82, 2.24) is 14.5 Å². The van der Waals surface area contributed by atoms with Gasteiger partial charge in [0.15, 0.2) is 0 Å². The number of aromatic nitrogens is 3. The number of alkyl halides is 3. The third kappa shape index (κ3) is 7.07. The molecule has 1 aromatic carbocycles. The van der Waals surface area contributed by atoms with Crippen LogP contribution >= 0.6 is 0 Å². The molecule has 2 aromatic heterocycles. The van der Waals surface area contributed by atoms with Gasteiger partial charge < -0.3 is 25.2 Å². The van der Waals surface area contributed by atoms with E-state index in [9.17, 15) is 28.2 Å². The normalized spacial score (nSPS) is 13.5. The Morgan fingerprint density at radius 2 is 1.84 bits per heavy atom. The standard InChI is InChI=1S/C26H31F3N4O4/c1-15(2)25-32-23(16-7-9-31-21(12-16)30-3)24(17-5-4-6-18(11-17)26(27,28)29)33(25)10-8-19(34)13-20(35)14-22(36)37/h4-7,9,11-12,15,19-20,34-35H,8,10,13-14H2,1-3H3,(H,30,31)(H,36,37)/t19-,20-/m1/s1. The highest BCUT2D eigenvalue weighted by Gasteiger charge is 2.31. The van der Waals surface area contributed by atoms with Gasteiger partial charge in [0.2, 0.25) is 0 Å². The Labute approximate surface area is 212 Å². The molecule has 0 aliphatic heterocycles. The number of carbonyl (C=O) groups is 1. The molecule has 11 heteroatoms. The highest BCUT2D eigenvalue weighted by molar-refractivity contribution is 5.80. The predicted octanol–water partition coefficient (Wildman–Crippen LogP) is 4.77. The Kier molecular flexibility index (Phi) is 8.93. The van der Waals surface area contributed by atoms with Crippen LogP contribution in [0.2, 0.25) is 0 Å². The first-order chi connectivity index (χ1) is 17.4. The maximum absolute atomic E-state index is 13.6. The summed E-state index contributed by atoms with van der Waals surface area (Å²) in [5, 5.41) is 32.2. The van der Waals surface area contributed by atoms with E-state index >= 15 is 0 Å². The molecule has 8 nitrogen and oxygen atoms in total. The quantitative estimate of drug-likeness (QED) is 0.287. The number of benzene rings is 1. The molecular formula is C26H31F3N4O4. The molecule has 0 saturated heterocycles. The number of hydrogen-bond acceptors (Lipinski definition) is 6. The van der Waals surface area contributed by atoms with E-state index in [1.807, 2.05) is 13.8 Å². The zero-order chi connectivity index (χ0) is 27.3. The van der Waals surface area contributed by atoms with Crippen LogP contribution in [0, 0.1) is 0 Å². The molecule has 37 heavy (non-hydrogen) atoms. The van der Waals surface area contributed by atoms with Gasteiger partial charge >= 0.3 is 12.1 Å². The largest absolute Gasteiger partial charge is 0.481 e. The van der Waals surface area contributed by atoms with Crippen molar-refractivity contribution in [2.45, 2.75) is 64.0 Å². The molecular weight excluding hydrogens is 489 g/mol. The van der Waals surface area contributed by atoms with Crippen molar-refractivity contribution < 1.29 is 33.3 Å². The molecule has 0 spiro atoms. The van der Waals surface area contributed by atoms with Crippen LogP contribution in [0.15, 0.2) is 42.6 Å². The lowest BCUT2D eigenvalue weighted by molar-refractivity contribution is -0.139. The first-order valence-corrected chi connectivity index (χ1v) is 11.9. The van der Waals surface area contributed by atoms with Crippen molar-refractivity contribution in [3.63, 3.8) is 0 Å². The number of aliphatic hydroxyl groups excluding tert-OH is 2. The Morgan fingerprint density at radius 3 is 2.46 bits per heavy atom. The average Bonchev–Trinajstić information content (AvgIpc) is 3.21. The summed E-state index contributed by atoms with van der Waals surface area (Å²) in [5.74, 6) is -0.0932. The molecule has 4 N–H and O–H groups in total. The molecule has 0 bridgehead atoms. The van der Waals surface area contributed by atoms with Crippen LogP contribution in [0.5, 0.6) is 0 Å². The average molecular weight is 521 g/mol. The van der Waals surface area contributed by atoms with Gasteiger partial charge in [-0.2, -0.15) is 13.2 Å². The van der Waals surface area contributed by atoms with E-state index in [2.05, 4.69) is 10.3 Å². The van der Waals surface area contributed by atoms with Crippen LogP contribution in [0.1, 0.15) is 50.4 Å². The minimum absolute atomic E-state index is 0.0985. The highest BCUT2D eigenvalue weighted by atomic mass is 19.4. The van der Waals surface area contributed by atoms with Crippen LogP contribution in [0.3, 0.4) is 0 Å². The van der Waals surface area contributed by atoms with Gasteiger partial charge in [-0.05, 0) is 37.1 Å². The fraction of sp³-hybridized carbons (Fsp3) is 0.423. The first-order valence-electron chi connectivity index (χ1n) is 11.9. The van der Waals surface area contributed by atoms with Crippen molar-refractivity contribution in [3.05, 3.63) is 54.0 Å². The SMILES string of the molecule is CNc1cc(-c2nc(C(C)C)n(CC[C@@H](O)C[C@@H](O)CC(=O)O)c2-c2cccc(C(F)(F)F)c2)ccn1. The van der Waals surface area contributed by atoms with Gasteiger partial charge in [0.25, 0.3) is 0 Å². The van der Waals surface area contributed by atoms with Crippen LogP contribution in [0.4, 0.5) is 19.0 Å². The number of hydrogen-bond donors (Lipinski definition) is 4. The molecule has 2 atom stereocenters. The van der Waals surface area contributed by atoms with Crippen LogP contribution in [-0.2, 0) is 17.5 Å². The zero-order valence-corrected chi connectivity index (χ0v) is 20.8. The molecule has 3 rings (SSSR count). The molecule has 2 heterocycles. The monoisotopic (exact) mass is 520 g/mol. The third-order valence-corrected chi connectivity index (χ3v) is 5.91. The lowest BCUT2D eigenvalue weighted by Gasteiger charge is -2.19. The fourth-order valence-corrected chi connectivity index (χ4v) is 4.18. The number of nitrogens with one attached hydrogen (secondary N) is 1. The number of rotatable bonds is 11. The Hall–Kier alpha value is -3.44. The molecule has 0 radical (unpaired) electrons. The van der Waals surface area contributed by atoms with E-state index in [0.717, 1.165) is 12.1 Å². The first kappa shape index (κ1) is 28.1. The number of nitrogens with zero attached hydrogens (tertiary/aromatic N) is 3. The highest BCUT2D eigenvalue weighted by Crippen LogP contribution is 2.38. The van der Waals surface area contributed by atoms with Crippen LogP contribution < -0.4 is 5.32 Å². The van der Waals surface area contributed by atoms with Crippen molar-refractivity contribution in [1.29, 1.82) is 0 Å². The summed E-state index contributed by atoms with van der Waals surface area (Å²) < 4.78 is 42.5. The molecule has 0 aliphatic rings. The zero-order valence-electron chi connectivity index (χ0n) is 20.8. The van der Waals surface area contributed by atoms with E-state index in [0.29, 0.717) is 34.2 Å². The third-order valence-electron chi connectivity index (χ3n) is 5.91. The van der Waals surface area contributed by atoms with Crippen molar-refractivity contribution in [3.8, 4) is 22.5 Å². The molecule has 0 amide bonds. The second-order valence-corrected chi connectivity index (χ2v) is 9.16. The van der Waals surface area contributed by atoms with Crippen molar-refractivity contribution in [2.24, 2.45) is 0 Å². The molecule has 0 fully saturated rings. The van der Waals surface area contributed by atoms with E-state index < -0.39 is 36.3 Å². The number of anilines is 1. The molecule has 0 saturated carbocycles. The summed E-state index contributed by atoms with van der Waals surface area (Å²) in [7, 11) is 1.71. The second-order valence-electron chi connectivity index (χ2n) is 9.16. The van der Waals surface area contributed by atoms with Gasteiger partial charge in [0, 0.05) is 36.8 Å². The molecule has 200 valence electrons. The van der Waals surface area contributed by atoms with E-state index in [-0.39, 0.29) is 25.3 Å². The summed E-state index contributed by atoms with van der Waals surface area (Å²) in [6.45, 7) is 4.02. The Bertz CT molecular complexity index is 1230. The molecule has 0 aliphatic carbocycles. The van der Waals surface area contributed by atoms with Gasteiger partial charge in [-0.15, -0.1) is 0 Å². The summed E-state index contributed by atoms with van der Waals surface area (Å²) in [6.07, 6.45) is -5.68. The van der Waals surface area contributed by atoms with Gasteiger partial charge in [-0.3, -0.25) is 4.79 Å².